The highest BCUT2D eigenvalue weighted by Crippen LogP contribution is 2.45. The van der Waals surface area contributed by atoms with Crippen LogP contribution >= 0.6 is 15.9 Å². The number of rotatable bonds is 3. The summed E-state index contributed by atoms with van der Waals surface area (Å²) in [5, 5.41) is 11.6. The van der Waals surface area contributed by atoms with Crippen LogP contribution in [0.15, 0.2) is 22.7 Å². The Morgan fingerprint density at radius 1 is 1.59 bits per heavy atom. The maximum absolute atomic E-state index is 11.8. The second kappa shape index (κ2) is 4.38. The molecule has 1 aliphatic rings. The van der Waals surface area contributed by atoms with Crippen LogP contribution in [0.5, 0.6) is 5.75 Å². The van der Waals surface area contributed by atoms with Gasteiger partial charge >= 0.3 is 0 Å². The van der Waals surface area contributed by atoms with Gasteiger partial charge < -0.3 is 10.1 Å². The number of hydrogen-bond acceptors (Lipinski definition) is 3. The van der Waals surface area contributed by atoms with Crippen LogP contribution in [-0.2, 0) is 4.79 Å². The van der Waals surface area contributed by atoms with Crippen LogP contribution in [0.3, 0.4) is 0 Å². The van der Waals surface area contributed by atoms with Gasteiger partial charge in [0, 0.05) is 5.69 Å². The van der Waals surface area contributed by atoms with Crippen molar-refractivity contribution in [1.82, 2.24) is 0 Å². The molecule has 1 fully saturated rings. The molecule has 0 aromatic heterocycles. The van der Waals surface area contributed by atoms with Crippen LogP contribution < -0.4 is 10.1 Å². The van der Waals surface area contributed by atoms with Crippen molar-refractivity contribution in [2.45, 2.75) is 12.8 Å². The first-order chi connectivity index (χ1) is 8.11. The van der Waals surface area contributed by atoms with Crippen LogP contribution in [0.2, 0.25) is 0 Å². The Morgan fingerprint density at radius 2 is 2.29 bits per heavy atom. The van der Waals surface area contributed by atoms with Crippen molar-refractivity contribution in [3.63, 3.8) is 0 Å². The van der Waals surface area contributed by atoms with Gasteiger partial charge in [-0.15, -0.1) is 0 Å². The first-order valence-electron chi connectivity index (χ1n) is 5.17. The molecule has 88 valence electrons. The summed E-state index contributed by atoms with van der Waals surface area (Å²) in [5.41, 5.74) is -0.143. The summed E-state index contributed by atoms with van der Waals surface area (Å²) < 4.78 is 5.86. The first-order valence-corrected chi connectivity index (χ1v) is 5.97. The van der Waals surface area contributed by atoms with E-state index in [1.807, 2.05) is 0 Å². The molecule has 0 aliphatic heterocycles. The fourth-order valence-corrected chi connectivity index (χ4v) is 2.05. The predicted molar refractivity (Wildman–Crippen MR) is 66.6 cm³/mol. The quantitative estimate of drug-likeness (QED) is 0.932. The van der Waals surface area contributed by atoms with Gasteiger partial charge in [-0.1, -0.05) is 0 Å². The first kappa shape index (κ1) is 11.9. The third kappa shape index (κ3) is 2.27. The van der Waals surface area contributed by atoms with Gasteiger partial charge in [0.2, 0.25) is 5.91 Å². The van der Waals surface area contributed by atoms with Gasteiger partial charge in [0.25, 0.3) is 0 Å². The second-order valence-electron chi connectivity index (χ2n) is 4.00. The molecule has 1 aliphatic carbocycles. The Morgan fingerprint density at radius 3 is 2.76 bits per heavy atom. The zero-order valence-corrected chi connectivity index (χ0v) is 10.9. The van der Waals surface area contributed by atoms with Gasteiger partial charge in [-0.05, 0) is 47.0 Å². The van der Waals surface area contributed by atoms with Crippen LogP contribution in [0.25, 0.3) is 0 Å². The molecule has 4 nitrogen and oxygen atoms in total. The topological polar surface area (TPSA) is 62.1 Å². The Bertz CT molecular complexity index is 504. The van der Waals surface area contributed by atoms with Gasteiger partial charge in [-0.25, -0.2) is 0 Å². The standard InChI is InChI=1S/C12H11BrN2O2/c1-17-10-3-2-8(6-9(10)13)15-11(16)12(7-14)4-5-12/h2-3,6H,4-5H2,1H3,(H,15,16). The summed E-state index contributed by atoms with van der Waals surface area (Å²) in [6, 6.07) is 7.32. The minimum absolute atomic E-state index is 0.225. The zero-order valence-electron chi connectivity index (χ0n) is 9.29. The maximum Gasteiger partial charge on any atom is 0.244 e. The van der Waals surface area contributed by atoms with E-state index in [-0.39, 0.29) is 5.91 Å². The molecule has 1 N–H and O–H groups in total. The Hall–Kier alpha value is -1.54. The molecule has 0 atom stereocenters. The van der Waals surface area contributed by atoms with Crippen molar-refractivity contribution >= 4 is 27.5 Å². The molecule has 0 heterocycles. The number of nitrogens with one attached hydrogen (secondary N) is 1. The van der Waals surface area contributed by atoms with Gasteiger partial charge in [0.1, 0.15) is 11.2 Å². The third-order valence-electron chi connectivity index (χ3n) is 2.81. The largest absolute Gasteiger partial charge is 0.496 e. The van der Waals surface area contributed by atoms with Crippen molar-refractivity contribution in [3.8, 4) is 11.8 Å². The number of carbonyl (C=O) groups excluding carboxylic acids is 1. The molecule has 5 heteroatoms. The number of methoxy groups -OCH3 is 1. The summed E-state index contributed by atoms with van der Waals surface area (Å²) >= 11 is 3.34. The zero-order chi connectivity index (χ0) is 12.5. The predicted octanol–water partition coefficient (Wildman–Crippen LogP) is 2.70. The van der Waals surface area contributed by atoms with E-state index in [4.69, 9.17) is 10.00 Å². The molecule has 1 saturated carbocycles. The lowest BCUT2D eigenvalue weighted by atomic mass is 10.1. The number of amides is 1. The van der Waals surface area contributed by atoms with Crippen LogP contribution in [0.1, 0.15) is 12.8 Å². The summed E-state index contributed by atoms with van der Waals surface area (Å²) in [6.07, 6.45) is 1.29. The van der Waals surface area contributed by atoms with E-state index >= 15 is 0 Å². The molecule has 1 aromatic rings. The number of halogens is 1. The lowest BCUT2D eigenvalue weighted by Crippen LogP contribution is -2.22. The number of hydrogen-bond donors (Lipinski definition) is 1. The Kier molecular flexibility index (Phi) is 3.07. The van der Waals surface area contributed by atoms with Gasteiger partial charge in [-0.3, -0.25) is 4.79 Å². The van der Waals surface area contributed by atoms with E-state index in [9.17, 15) is 4.79 Å². The SMILES string of the molecule is COc1ccc(NC(=O)C2(C#N)CC2)cc1Br. The molecular formula is C12H11BrN2O2. The highest BCUT2D eigenvalue weighted by Gasteiger charge is 2.50. The van der Waals surface area contributed by atoms with E-state index in [0.717, 1.165) is 4.47 Å². The minimum Gasteiger partial charge on any atom is -0.496 e. The maximum atomic E-state index is 11.8. The van der Waals surface area contributed by atoms with Crippen molar-refractivity contribution in [3.05, 3.63) is 22.7 Å². The molecule has 0 bridgehead atoms. The van der Waals surface area contributed by atoms with Gasteiger partial charge in [-0.2, -0.15) is 5.26 Å². The van der Waals surface area contributed by atoms with Crippen molar-refractivity contribution in [2.24, 2.45) is 5.41 Å². The van der Waals surface area contributed by atoms with E-state index in [1.165, 1.54) is 0 Å². The van der Waals surface area contributed by atoms with Crippen LogP contribution in [-0.4, -0.2) is 13.0 Å². The van der Waals surface area contributed by atoms with E-state index in [2.05, 4.69) is 27.3 Å². The number of carbonyl (C=O) groups is 1. The number of anilines is 1. The average molecular weight is 295 g/mol. The minimum atomic E-state index is -0.799. The normalized spacial score (nSPS) is 15.8. The number of nitriles is 1. The fraction of sp³-hybridized carbons (Fsp3) is 0.333. The van der Waals surface area contributed by atoms with Crippen molar-refractivity contribution < 1.29 is 9.53 Å². The number of benzene rings is 1. The van der Waals surface area contributed by atoms with Gasteiger partial charge in [0.05, 0.1) is 17.7 Å². The molecule has 2 rings (SSSR count). The highest BCUT2D eigenvalue weighted by molar-refractivity contribution is 9.10. The molecule has 0 radical (unpaired) electrons. The summed E-state index contributed by atoms with van der Waals surface area (Å²) in [6.45, 7) is 0. The fourth-order valence-electron chi connectivity index (χ4n) is 1.51. The van der Waals surface area contributed by atoms with Crippen molar-refractivity contribution in [2.75, 3.05) is 12.4 Å². The van der Waals surface area contributed by atoms with E-state index < -0.39 is 5.41 Å². The molecule has 1 aromatic carbocycles. The molecule has 0 spiro atoms. The smallest absolute Gasteiger partial charge is 0.244 e. The lowest BCUT2D eigenvalue weighted by molar-refractivity contribution is -0.119. The molecule has 17 heavy (non-hydrogen) atoms. The summed E-state index contributed by atoms with van der Waals surface area (Å²) in [4.78, 5) is 11.8. The second-order valence-corrected chi connectivity index (χ2v) is 4.85. The molecular weight excluding hydrogens is 284 g/mol. The van der Waals surface area contributed by atoms with E-state index in [1.54, 1.807) is 25.3 Å². The summed E-state index contributed by atoms with van der Waals surface area (Å²) in [5.74, 6) is 0.474. The monoisotopic (exact) mass is 294 g/mol. The molecule has 1 amide bonds. The Labute approximate surface area is 108 Å². The van der Waals surface area contributed by atoms with Crippen LogP contribution in [0, 0.1) is 16.7 Å². The molecule has 0 saturated heterocycles. The Balaban J connectivity index is 2.12. The molecule has 0 unspecified atom stereocenters. The third-order valence-corrected chi connectivity index (χ3v) is 3.43. The van der Waals surface area contributed by atoms with Gasteiger partial charge in [0.15, 0.2) is 0 Å². The highest BCUT2D eigenvalue weighted by atomic mass is 79.9. The number of nitrogens with zero attached hydrogens (tertiary/aromatic N) is 1. The lowest BCUT2D eigenvalue weighted by Gasteiger charge is -2.10. The number of ether oxygens (including phenoxy) is 1. The van der Waals surface area contributed by atoms with Crippen molar-refractivity contribution in [1.29, 1.82) is 5.26 Å². The summed E-state index contributed by atoms with van der Waals surface area (Å²) in [7, 11) is 1.58. The van der Waals surface area contributed by atoms with E-state index in [0.29, 0.717) is 24.3 Å². The van der Waals surface area contributed by atoms with Crippen LogP contribution in [0.4, 0.5) is 5.69 Å². The average Bonchev–Trinajstić information content (AvgIpc) is 3.10.